The minimum atomic E-state index is -1.13. The Labute approximate surface area is 129 Å². The van der Waals surface area contributed by atoms with E-state index >= 15 is 0 Å². The number of rotatable bonds is 13. The summed E-state index contributed by atoms with van der Waals surface area (Å²) in [4.78, 5) is 22.5. The van der Waals surface area contributed by atoms with Crippen LogP contribution in [0.5, 0.6) is 0 Å². The van der Waals surface area contributed by atoms with Crippen molar-refractivity contribution in [3.8, 4) is 0 Å². The monoisotopic (exact) mass is 323 g/mol. The molecule has 0 amide bonds. The van der Waals surface area contributed by atoms with Gasteiger partial charge in [0.15, 0.2) is 0 Å². The molecule has 0 aliphatic heterocycles. The van der Waals surface area contributed by atoms with E-state index in [1.54, 1.807) is 0 Å². The van der Waals surface area contributed by atoms with Crippen molar-refractivity contribution < 1.29 is 39.1 Å². The Kier molecular flexibility index (Phi) is 12.6. The van der Waals surface area contributed by atoms with E-state index in [9.17, 15) is 14.7 Å². The molecule has 22 heavy (non-hydrogen) atoms. The summed E-state index contributed by atoms with van der Waals surface area (Å²) in [7, 11) is 0. The molecule has 2 atom stereocenters. The van der Waals surface area contributed by atoms with Gasteiger partial charge in [-0.1, -0.05) is 0 Å². The van der Waals surface area contributed by atoms with Crippen LogP contribution in [0.25, 0.3) is 0 Å². The Bertz CT molecular complexity index is 312. The van der Waals surface area contributed by atoms with Crippen molar-refractivity contribution in [2.24, 2.45) is 5.73 Å². The summed E-state index contributed by atoms with van der Waals surface area (Å²) >= 11 is 0. The van der Waals surface area contributed by atoms with Crippen molar-refractivity contribution in [1.29, 1.82) is 0 Å². The van der Waals surface area contributed by atoms with Crippen LogP contribution in [0, 0.1) is 0 Å². The third-order valence-electron chi connectivity index (χ3n) is 2.42. The largest absolute Gasteiger partial charge is 0.463 e. The summed E-state index contributed by atoms with van der Waals surface area (Å²) in [5.74, 6) is -1.34. The molecule has 0 radical (unpaired) electrons. The van der Waals surface area contributed by atoms with E-state index in [-0.39, 0.29) is 32.7 Å². The van der Waals surface area contributed by atoms with Crippen molar-refractivity contribution >= 4 is 11.9 Å². The Morgan fingerprint density at radius 2 is 1.50 bits per heavy atom. The zero-order chi connectivity index (χ0) is 16.8. The molecule has 5 N–H and O–H groups in total. The molecule has 0 saturated carbocycles. The summed E-state index contributed by atoms with van der Waals surface area (Å²) in [5, 5.41) is 27.0. The van der Waals surface area contributed by atoms with Crippen molar-refractivity contribution in [3.63, 3.8) is 0 Å². The lowest BCUT2D eigenvalue weighted by molar-refractivity contribution is -0.154. The Morgan fingerprint density at radius 1 is 0.955 bits per heavy atom. The van der Waals surface area contributed by atoms with Crippen molar-refractivity contribution in [1.82, 2.24) is 0 Å². The van der Waals surface area contributed by atoms with Crippen LogP contribution in [0.4, 0.5) is 0 Å². The second-order valence-electron chi connectivity index (χ2n) is 4.57. The Balaban J connectivity index is 3.62. The smallest absolute Gasteiger partial charge is 0.306 e. The molecule has 0 spiro atoms. The normalized spacial score (nSPS) is 13.5. The second kappa shape index (κ2) is 13.4. The number of carbonyl (C=O) groups is 2. The molecule has 0 fully saturated rings. The van der Waals surface area contributed by atoms with Gasteiger partial charge in [0.25, 0.3) is 0 Å². The van der Waals surface area contributed by atoms with E-state index in [4.69, 9.17) is 25.4 Å². The van der Waals surface area contributed by atoms with Gasteiger partial charge in [-0.25, -0.2) is 0 Å². The number of hydrogen-bond acceptors (Lipinski definition) is 9. The predicted molar refractivity (Wildman–Crippen MR) is 74.7 cm³/mol. The number of carbonyl (C=O) groups excluding carboxylic acids is 2. The van der Waals surface area contributed by atoms with Crippen LogP contribution in [-0.2, 0) is 23.8 Å². The van der Waals surface area contributed by atoms with Crippen molar-refractivity contribution in [3.05, 3.63) is 0 Å². The molecule has 9 heteroatoms. The highest BCUT2D eigenvalue weighted by Gasteiger charge is 2.13. The molecule has 0 rings (SSSR count). The fourth-order valence-electron chi connectivity index (χ4n) is 1.23. The number of esters is 2. The molecule has 0 heterocycles. The van der Waals surface area contributed by atoms with E-state index in [1.165, 1.54) is 0 Å². The van der Waals surface area contributed by atoms with Crippen LogP contribution >= 0.6 is 0 Å². The quantitative estimate of drug-likeness (QED) is 0.221. The molecule has 0 aromatic carbocycles. The predicted octanol–water partition coefficient (Wildman–Crippen LogP) is -2.07. The fraction of sp³-hybridized carbons (Fsp3) is 0.846. The van der Waals surface area contributed by atoms with Crippen LogP contribution in [0.3, 0.4) is 0 Å². The average molecular weight is 323 g/mol. The maximum absolute atomic E-state index is 11.3. The lowest BCUT2D eigenvalue weighted by Crippen LogP contribution is -2.25. The van der Waals surface area contributed by atoms with Crippen LogP contribution in [0.1, 0.15) is 19.3 Å². The molecule has 9 nitrogen and oxygen atoms in total. The lowest BCUT2D eigenvalue weighted by atomic mass is 10.3. The summed E-state index contributed by atoms with van der Waals surface area (Å²) in [5.41, 5.74) is 5.27. The molecule has 130 valence electrons. The Morgan fingerprint density at radius 3 is 2.00 bits per heavy atom. The number of ether oxygens (including phenoxy) is 3. The number of aliphatic hydroxyl groups excluding tert-OH is 3. The first-order chi connectivity index (χ1) is 10.5. The third-order valence-corrected chi connectivity index (χ3v) is 2.42. The van der Waals surface area contributed by atoms with Gasteiger partial charge in [0.05, 0.1) is 26.1 Å². The molecular weight excluding hydrogens is 298 g/mol. The van der Waals surface area contributed by atoms with Crippen molar-refractivity contribution in [2.45, 2.75) is 31.5 Å². The van der Waals surface area contributed by atoms with E-state index in [1.807, 2.05) is 0 Å². The number of hydrogen-bond donors (Lipinski definition) is 4. The SMILES string of the molecule is NCCCOCC(O)COC(=O)CCC(=O)OCC(O)CO. The summed E-state index contributed by atoms with van der Waals surface area (Å²) in [6.07, 6.45) is -1.80. The molecule has 0 aromatic rings. The van der Waals surface area contributed by atoms with Gasteiger partial charge in [0.1, 0.15) is 25.4 Å². The average Bonchev–Trinajstić information content (AvgIpc) is 2.52. The minimum absolute atomic E-state index is 0.0361. The summed E-state index contributed by atoms with van der Waals surface area (Å²) in [6, 6.07) is 0. The fourth-order valence-corrected chi connectivity index (χ4v) is 1.23. The van der Waals surface area contributed by atoms with E-state index in [2.05, 4.69) is 4.74 Å². The molecular formula is C13H25NO8. The van der Waals surface area contributed by atoms with Gasteiger partial charge < -0.3 is 35.3 Å². The van der Waals surface area contributed by atoms with Gasteiger partial charge in [-0.15, -0.1) is 0 Å². The highest BCUT2D eigenvalue weighted by atomic mass is 16.6. The zero-order valence-corrected chi connectivity index (χ0v) is 12.5. The lowest BCUT2D eigenvalue weighted by Gasteiger charge is -2.12. The van der Waals surface area contributed by atoms with E-state index < -0.39 is 30.8 Å². The zero-order valence-electron chi connectivity index (χ0n) is 12.5. The van der Waals surface area contributed by atoms with Gasteiger partial charge >= 0.3 is 11.9 Å². The maximum atomic E-state index is 11.3. The van der Waals surface area contributed by atoms with Gasteiger partial charge in [0, 0.05) is 6.61 Å². The van der Waals surface area contributed by atoms with Crippen LogP contribution in [0.2, 0.25) is 0 Å². The molecule has 0 aliphatic rings. The minimum Gasteiger partial charge on any atom is -0.463 e. The highest BCUT2D eigenvalue weighted by Crippen LogP contribution is 1.98. The Hall–Kier alpha value is -1.26. The van der Waals surface area contributed by atoms with Gasteiger partial charge in [-0.05, 0) is 13.0 Å². The molecule has 0 aromatic heterocycles. The maximum Gasteiger partial charge on any atom is 0.306 e. The number of aliphatic hydroxyl groups is 3. The van der Waals surface area contributed by atoms with Crippen LogP contribution in [0.15, 0.2) is 0 Å². The molecule has 2 unspecified atom stereocenters. The standard InChI is InChI=1S/C13H25NO8/c14-4-1-5-20-7-11(17)9-22-13(19)3-2-12(18)21-8-10(16)6-15/h10-11,15-17H,1-9,14H2. The van der Waals surface area contributed by atoms with Gasteiger partial charge in [0.2, 0.25) is 0 Å². The molecule has 0 saturated heterocycles. The van der Waals surface area contributed by atoms with Crippen LogP contribution in [-0.4, -0.2) is 79.0 Å². The first kappa shape index (κ1) is 20.7. The third kappa shape index (κ3) is 12.5. The summed E-state index contributed by atoms with van der Waals surface area (Å²) < 4.78 is 14.5. The topological polar surface area (TPSA) is 149 Å². The first-order valence-corrected chi connectivity index (χ1v) is 7.05. The second-order valence-corrected chi connectivity index (χ2v) is 4.57. The van der Waals surface area contributed by atoms with Gasteiger partial charge in [-0.2, -0.15) is 0 Å². The van der Waals surface area contributed by atoms with Gasteiger partial charge in [-0.3, -0.25) is 9.59 Å². The van der Waals surface area contributed by atoms with Crippen molar-refractivity contribution in [2.75, 3.05) is 39.6 Å². The highest BCUT2D eigenvalue weighted by molar-refractivity contribution is 5.77. The molecule has 0 bridgehead atoms. The summed E-state index contributed by atoms with van der Waals surface area (Å²) in [6.45, 7) is -0.110. The van der Waals surface area contributed by atoms with E-state index in [0.29, 0.717) is 19.6 Å². The first-order valence-electron chi connectivity index (χ1n) is 7.05. The van der Waals surface area contributed by atoms with Crippen LogP contribution < -0.4 is 5.73 Å². The molecule has 0 aliphatic carbocycles. The number of nitrogens with two attached hydrogens (primary N) is 1. The van der Waals surface area contributed by atoms with E-state index in [0.717, 1.165) is 0 Å².